The highest BCUT2D eigenvalue weighted by molar-refractivity contribution is 7.80. The van der Waals surface area contributed by atoms with Gasteiger partial charge in [0.05, 0.1) is 5.54 Å². The van der Waals surface area contributed by atoms with E-state index < -0.39 is 0 Å². The summed E-state index contributed by atoms with van der Waals surface area (Å²) in [5.41, 5.74) is 3.54. The molecule has 0 atom stereocenters. The molecular weight excluding hydrogens is 302 g/mol. The van der Waals surface area contributed by atoms with Crippen molar-refractivity contribution in [1.29, 1.82) is 0 Å². The molecule has 0 saturated heterocycles. The second-order valence-electron chi connectivity index (χ2n) is 6.40. The Bertz CT molecular complexity index is 705. The minimum absolute atomic E-state index is 0.0556. The van der Waals surface area contributed by atoms with Crippen LogP contribution in [0.25, 0.3) is 0 Å². The summed E-state index contributed by atoms with van der Waals surface area (Å²) in [5, 5.41) is 7.46. The normalized spacial score (nSPS) is 16.1. The molecule has 1 fully saturated rings. The van der Waals surface area contributed by atoms with Crippen molar-refractivity contribution in [1.82, 2.24) is 10.3 Å². The molecule has 0 unspecified atom stereocenters. The van der Waals surface area contributed by atoms with E-state index in [2.05, 4.69) is 46.8 Å². The molecule has 1 saturated carbocycles. The lowest BCUT2D eigenvalue weighted by Gasteiger charge is -2.32. The van der Waals surface area contributed by atoms with E-state index in [-0.39, 0.29) is 5.54 Å². The number of nitrogens with one attached hydrogen (secondary N) is 2. The van der Waals surface area contributed by atoms with Gasteiger partial charge in [0.25, 0.3) is 0 Å². The Balaban J connectivity index is 1.78. The van der Waals surface area contributed by atoms with Gasteiger partial charge >= 0.3 is 0 Å². The molecule has 120 valence electrons. The molecular formula is C19H23N3S. The minimum atomic E-state index is -0.0556. The molecule has 3 nitrogen and oxygen atoms in total. The molecule has 2 aromatic rings. The highest BCUT2D eigenvalue weighted by atomic mass is 32.1. The van der Waals surface area contributed by atoms with Crippen molar-refractivity contribution in [3.8, 4) is 0 Å². The predicted octanol–water partition coefficient (Wildman–Crippen LogP) is 4.45. The van der Waals surface area contributed by atoms with E-state index in [0.29, 0.717) is 5.11 Å². The Hall–Kier alpha value is -1.94. The van der Waals surface area contributed by atoms with Crippen molar-refractivity contribution >= 4 is 23.1 Å². The van der Waals surface area contributed by atoms with Crippen LogP contribution in [0.3, 0.4) is 0 Å². The smallest absolute Gasteiger partial charge is 0.172 e. The van der Waals surface area contributed by atoms with Crippen molar-refractivity contribution in [2.75, 3.05) is 5.32 Å². The zero-order chi connectivity index (χ0) is 16.3. The van der Waals surface area contributed by atoms with E-state index in [0.717, 1.165) is 24.4 Å². The van der Waals surface area contributed by atoms with E-state index in [9.17, 15) is 0 Å². The van der Waals surface area contributed by atoms with Gasteiger partial charge in [-0.3, -0.25) is 0 Å². The molecule has 0 aliphatic heterocycles. The summed E-state index contributed by atoms with van der Waals surface area (Å²) in [6, 6.07) is 14.6. The summed E-state index contributed by atoms with van der Waals surface area (Å²) in [5.74, 6) is 0.792. The maximum Gasteiger partial charge on any atom is 0.172 e. The number of aromatic nitrogens is 1. The van der Waals surface area contributed by atoms with Gasteiger partial charge in [0.15, 0.2) is 5.11 Å². The lowest BCUT2D eigenvalue weighted by atomic mass is 9.87. The molecule has 3 rings (SSSR count). The van der Waals surface area contributed by atoms with E-state index in [1.54, 1.807) is 0 Å². The lowest BCUT2D eigenvalue weighted by molar-refractivity contribution is 0.408. The summed E-state index contributed by atoms with van der Waals surface area (Å²) in [7, 11) is 0. The first-order valence-electron chi connectivity index (χ1n) is 8.17. The van der Waals surface area contributed by atoms with Crippen molar-refractivity contribution in [3.05, 3.63) is 59.3 Å². The van der Waals surface area contributed by atoms with Gasteiger partial charge in [0, 0.05) is 5.69 Å². The minimum Gasteiger partial charge on any atom is -0.353 e. The molecule has 23 heavy (non-hydrogen) atoms. The van der Waals surface area contributed by atoms with Crippen molar-refractivity contribution in [3.63, 3.8) is 0 Å². The first-order chi connectivity index (χ1) is 11.1. The maximum absolute atomic E-state index is 5.56. The highest BCUT2D eigenvalue weighted by Gasteiger charge is 2.36. The van der Waals surface area contributed by atoms with Gasteiger partial charge in [-0.2, -0.15) is 0 Å². The lowest BCUT2D eigenvalue weighted by Crippen LogP contribution is -2.45. The Labute approximate surface area is 143 Å². The Kier molecular flexibility index (Phi) is 4.62. The molecule has 1 aliphatic rings. The van der Waals surface area contributed by atoms with Crippen LogP contribution in [0.4, 0.5) is 5.82 Å². The van der Waals surface area contributed by atoms with Crippen LogP contribution in [0.15, 0.2) is 42.5 Å². The summed E-state index contributed by atoms with van der Waals surface area (Å²) in [6.45, 7) is 4.12. The van der Waals surface area contributed by atoms with Crippen molar-refractivity contribution < 1.29 is 0 Å². The van der Waals surface area contributed by atoms with Gasteiger partial charge in [-0.1, -0.05) is 48.7 Å². The van der Waals surface area contributed by atoms with Gasteiger partial charge in [-0.25, -0.2) is 4.98 Å². The molecule has 0 amide bonds. The first kappa shape index (κ1) is 15.9. The zero-order valence-corrected chi connectivity index (χ0v) is 14.5. The molecule has 4 heteroatoms. The van der Waals surface area contributed by atoms with Gasteiger partial charge in [-0.15, -0.1) is 0 Å². The van der Waals surface area contributed by atoms with Crippen LogP contribution in [0.1, 0.15) is 42.5 Å². The monoisotopic (exact) mass is 325 g/mol. The van der Waals surface area contributed by atoms with Crippen molar-refractivity contribution in [2.24, 2.45) is 0 Å². The quantitative estimate of drug-likeness (QED) is 0.817. The molecule has 0 radical (unpaired) electrons. The second kappa shape index (κ2) is 6.67. The largest absolute Gasteiger partial charge is 0.353 e. The molecule has 0 spiro atoms. The number of hydrogen-bond acceptors (Lipinski definition) is 2. The third-order valence-corrected chi connectivity index (χ3v) is 4.71. The average Bonchev–Trinajstić information content (AvgIpc) is 2.97. The second-order valence-corrected chi connectivity index (χ2v) is 6.81. The SMILES string of the molecule is Cc1cccc(C2(NC(=S)Nc3cccc(C)n3)CCCC2)c1. The van der Waals surface area contributed by atoms with E-state index in [1.807, 2.05) is 25.1 Å². The number of anilines is 1. The van der Waals surface area contributed by atoms with Crippen LogP contribution in [0, 0.1) is 13.8 Å². The van der Waals surface area contributed by atoms with Crippen LogP contribution in [-0.2, 0) is 5.54 Å². The molecule has 0 bridgehead atoms. The average molecular weight is 325 g/mol. The van der Waals surface area contributed by atoms with E-state index in [4.69, 9.17) is 12.2 Å². The number of aryl methyl sites for hydroxylation is 2. The predicted molar refractivity (Wildman–Crippen MR) is 99.7 cm³/mol. The maximum atomic E-state index is 5.56. The summed E-state index contributed by atoms with van der Waals surface area (Å²) < 4.78 is 0. The van der Waals surface area contributed by atoms with Crippen LogP contribution in [0.5, 0.6) is 0 Å². The Morgan fingerprint density at radius 2 is 1.83 bits per heavy atom. The standard InChI is InChI=1S/C19H23N3S/c1-14-7-5-9-16(13-14)19(11-3-4-12-19)22-18(23)21-17-10-6-8-15(2)20-17/h5-10,13H,3-4,11-12H2,1-2H3,(H2,20,21,22,23). The third kappa shape index (κ3) is 3.70. The van der Waals surface area contributed by atoms with Crippen LogP contribution in [-0.4, -0.2) is 10.1 Å². The number of benzene rings is 1. The summed E-state index contributed by atoms with van der Waals surface area (Å²) in [4.78, 5) is 4.46. The van der Waals surface area contributed by atoms with Crippen molar-refractivity contribution in [2.45, 2.75) is 45.1 Å². The fourth-order valence-corrected chi connectivity index (χ4v) is 3.68. The Morgan fingerprint density at radius 1 is 1.09 bits per heavy atom. The first-order valence-corrected chi connectivity index (χ1v) is 8.58. The van der Waals surface area contributed by atoms with Crippen LogP contribution in [0.2, 0.25) is 0 Å². The number of hydrogen-bond donors (Lipinski definition) is 2. The van der Waals surface area contributed by atoms with Gasteiger partial charge < -0.3 is 10.6 Å². The zero-order valence-electron chi connectivity index (χ0n) is 13.7. The third-order valence-electron chi connectivity index (χ3n) is 4.51. The fourth-order valence-electron chi connectivity index (χ4n) is 3.38. The number of pyridine rings is 1. The van der Waals surface area contributed by atoms with E-state index >= 15 is 0 Å². The van der Waals surface area contributed by atoms with Crippen LogP contribution >= 0.6 is 12.2 Å². The molecule has 1 aromatic carbocycles. The molecule has 1 aliphatic carbocycles. The number of nitrogens with zero attached hydrogens (tertiary/aromatic N) is 1. The van der Waals surface area contributed by atoms with Crippen LogP contribution < -0.4 is 10.6 Å². The molecule has 1 aromatic heterocycles. The topological polar surface area (TPSA) is 37.0 Å². The van der Waals surface area contributed by atoms with E-state index in [1.165, 1.54) is 24.0 Å². The Morgan fingerprint density at radius 3 is 2.52 bits per heavy atom. The van der Waals surface area contributed by atoms with Gasteiger partial charge in [0.2, 0.25) is 0 Å². The fraction of sp³-hybridized carbons (Fsp3) is 0.368. The molecule has 2 N–H and O–H groups in total. The summed E-state index contributed by atoms with van der Waals surface area (Å²) in [6.07, 6.45) is 4.68. The summed E-state index contributed by atoms with van der Waals surface area (Å²) >= 11 is 5.56. The van der Waals surface area contributed by atoms with Gasteiger partial charge in [-0.05, 0) is 56.6 Å². The number of thiocarbonyl (C=S) groups is 1. The highest BCUT2D eigenvalue weighted by Crippen LogP contribution is 2.39. The van der Waals surface area contributed by atoms with Gasteiger partial charge in [0.1, 0.15) is 5.82 Å². The molecule has 1 heterocycles. The number of rotatable bonds is 3.